The first-order valence-electron chi connectivity index (χ1n) is 19.9. The number of hydrogen-bond acceptors (Lipinski definition) is 0. The molecule has 8 aromatic carbocycles. The topological polar surface area (TPSA) is 0 Å². The van der Waals surface area contributed by atoms with E-state index >= 15 is 0 Å². The molecule has 0 fully saturated rings. The van der Waals surface area contributed by atoms with Gasteiger partial charge in [-0.05, 0) is 121 Å². The summed E-state index contributed by atoms with van der Waals surface area (Å²) in [6.45, 7) is 12.7. The van der Waals surface area contributed by atoms with Crippen LogP contribution < -0.4 is 0 Å². The van der Waals surface area contributed by atoms with Crippen LogP contribution >= 0.6 is 0 Å². The molecule has 0 heteroatoms. The van der Waals surface area contributed by atoms with Crippen molar-refractivity contribution in [1.82, 2.24) is 0 Å². The third kappa shape index (κ3) is 8.88. The van der Waals surface area contributed by atoms with Crippen molar-refractivity contribution in [2.75, 3.05) is 0 Å². The third-order valence-electron chi connectivity index (χ3n) is 10.9. The monoisotopic (exact) mass is 734 g/mol. The number of rotatable bonds is 10. The Labute approximate surface area is 339 Å². The molecule has 8 aromatic rings. The minimum atomic E-state index is 0.256. The summed E-state index contributed by atoms with van der Waals surface area (Å²) in [5.74, 6) is 0.256. The Morgan fingerprint density at radius 3 is 1.86 bits per heavy atom. The molecule has 0 aliphatic carbocycles. The minimum absolute atomic E-state index is 0.256. The van der Waals surface area contributed by atoms with Gasteiger partial charge in [0.2, 0.25) is 0 Å². The van der Waals surface area contributed by atoms with Gasteiger partial charge in [-0.25, -0.2) is 0 Å². The fraction of sp³-hybridized carbons (Fsp3) is 0.0877. The van der Waals surface area contributed by atoms with Gasteiger partial charge >= 0.3 is 0 Å². The highest BCUT2D eigenvalue weighted by atomic mass is 14.2. The summed E-state index contributed by atoms with van der Waals surface area (Å²) in [4.78, 5) is 0. The standard InChI is InChI=1S/C55H46.C2H4/c1-39-28-29-49(53-27-15-24-46-21-11-13-26-52(46)53)38-55(39)54(35-34-47-23-14-22-45-20-10-12-25-51(45)47)48-32-30-44(31-33-48)50(36-40(2)42-16-6-4-7-17-42)37-41(3)43-18-8-5-9-19-43;1-2/h4-33,35-38,40H,34H2,1-3H3;1-2H2/b41-37+,50-36+,54-35-;. The highest BCUT2D eigenvalue weighted by Gasteiger charge is 2.14. The second-order valence-corrected chi connectivity index (χ2v) is 14.6. The molecule has 1 atom stereocenters. The van der Waals surface area contributed by atoms with Crippen LogP contribution in [-0.4, -0.2) is 0 Å². The number of aryl methyl sites for hydroxylation is 1. The summed E-state index contributed by atoms with van der Waals surface area (Å²) in [5.41, 5.74) is 15.0. The molecule has 0 bridgehead atoms. The maximum absolute atomic E-state index is 3.00. The summed E-state index contributed by atoms with van der Waals surface area (Å²) in [7, 11) is 0. The van der Waals surface area contributed by atoms with Crippen LogP contribution in [0.25, 0.3) is 49.4 Å². The molecule has 0 aliphatic heterocycles. The molecule has 0 radical (unpaired) electrons. The van der Waals surface area contributed by atoms with E-state index in [1.54, 1.807) is 0 Å². The number of fused-ring (bicyclic) bond motifs is 2. The minimum Gasteiger partial charge on any atom is -0.106 e. The molecular weight excluding hydrogens is 685 g/mol. The molecular formula is C57H50. The van der Waals surface area contributed by atoms with Crippen molar-refractivity contribution in [1.29, 1.82) is 0 Å². The molecule has 0 saturated heterocycles. The summed E-state index contributed by atoms with van der Waals surface area (Å²) in [6.07, 6.45) is 8.03. The van der Waals surface area contributed by atoms with Gasteiger partial charge in [-0.1, -0.05) is 207 Å². The molecule has 0 aliphatic rings. The van der Waals surface area contributed by atoms with Gasteiger partial charge in [-0.15, -0.1) is 13.2 Å². The molecule has 0 heterocycles. The van der Waals surface area contributed by atoms with Crippen molar-refractivity contribution in [2.24, 2.45) is 0 Å². The first-order chi connectivity index (χ1) is 28.0. The Morgan fingerprint density at radius 1 is 0.561 bits per heavy atom. The van der Waals surface area contributed by atoms with Crippen molar-refractivity contribution in [3.8, 4) is 11.1 Å². The van der Waals surface area contributed by atoms with E-state index in [2.05, 4.69) is 240 Å². The summed E-state index contributed by atoms with van der Waals surface area (Å²) in [6, 6.07) is 68.4. The summed E-state index contributed by atoms with van der Waals surface area (Å²) >= 11 is 0. The Morgan fingerprint density at radius 2 is 1.14 bits per heavy atom. The zero-order valence-electron chi connectivity index (χ0n) is 33.3. The Balaban J connectivity index is 0.00000244. The summed E-state index contributed by atoms with van der Waals surface area (Å²) < 4.78 is 0. The average molecular weight is 735 g/mol. The van der Waals surface area contributed by atoms with E-state index in [1.165, 1.54) is 88.3 Å². The van der Waals surface area contributed by atoms with Gasteiger partial charge in [0.05, 0.1) is 0 Å². The molecule has 0 nitrogen and oxygen atoms in total. The van der Waals surface area contributed by atoms with Gasteiger partial charge in [0.1, 0.15) is 0 Å². The van der Waals surface area contributed by atoms with Crippen LogP contribution in [0.1, 0.15) is 58.7 Å². The third-order valence-corrected chi connectivity index (χ3v) is 10.9. The molecule has 57 heavy (non-hydrogen) atoms. The summed E-state index contributed by atoms with van der Waals surface area (Å²) in [5, 5.41) is 5.11. The van der Waals surface area contributed by atoms with Crippen LogP contribution in [0.15, 0.2) is 219 Å². The fourth-order valence-corrected chi connectivity index (χ4v) is 7.83. The number of benzene rings is 8. The van der Waals surface area contributed by atoms with E-state index in [9.17, 15) is 0 Å². The van der Waals surface area contributed by atoms with Crippen LogP contribution in [0.4, 0.5) is 0 Å². The SMILES string of the molecule is C/C(=C\C(=C/C(C)c1ccccc1)c1ccc(/C(=C/Cc2cccc3ccccc23)c2cc(-c3cccc4ccccc34)ccc2C)cc1)c1ccccc1.C=C. The zero-order chi connectivity index (χ0) is 39.6. The van der Waals surface area contributed by atoms with E-state index in [0.29, 0.717) is 0 Å². The lowest BCUT2D eigenvalue weighted by molar-refractivity contribution is 0.970. The van der Waals surface area contributed by atoms with Crippen LogP contribution in [0.2, 0.25) is 0 Å². The molecule has 0 N–H and O–H groups in total. The van der Waals surface area contributed by atoms with Crippen molar-refractivity contribution in [2.45, 2.75) is 33.1 Å². The van der Waals surface area contributed by atoms with Crippen molar-refractivity contribution in [3.05, 3.63) is 258 Å². The lowest BCUT2D eigenvalue weighted by atomic mass is 9.88. The van der Waals surface area contributed by atoms with Gasteiger partial charge in [0, 0.05) is 0 Å². The van der Waals surface area contributed by atoms with Gasteiger partial charge in [0.25, 0.3) is 0 Å². The predicted octanol–water partition coefficient (Wildman–Crippen LogP) is 15.7. The van der Waals surface area contributed by atoms with Crippen molar-refractivity contribution >= 4 is 38.3 Å². The fourth-order valence-electron chi connectivity index (χ4n) is 7.83. The maximum atomic E-state index is 3.00. The first kappa shape index (κ1) is 38.5. The second kappa shape index (κ2) is 18.2. The van der Waals surface area contributed by atoms with E-state index in [1.807, 2.05) is 0 Å². The van der Waals surface area contributed by atoms with Gasteiger partial charge < -0.3 is 0 Å². The Kier molecular flexibility index (Phi) is 12.3. The lowest BCUT2D eigenvalue weighted by Crippen LogP contribution is -1.96. The Hall–Kier alpha value is -6.76. The molecule has 8 rings (SSSR count). The molecule has 0 saturated carbocycles. The zero-order valence-corrected chi connectivity index (χ0v) is 33.3. The van der Waals surface area contributed by atoms with Crippen LogP contribution in [0, 0.1) is 6.92 Å². The molecule has 0 spiro atoms. The largest absolute Gasteiger partial charge is 0.106 e. The van der Waals surface area contributed by atoms with E-state index in [4.69, 9.17) is 0 Å². The van der Waals surface area contributed by atoms with Crippen LogP contribution in [0.3, 0.4) is 0 Å². The average Bonchev–Trinajstić information content (AvgIpc) is 3.28. The van der Waals surface area contributed by atoms with Gasteiger partial charge in [-0.2, -0.15) is 0 Å². The Bertz CT molecular complexity index is 2680. The maximum Gasteiger partial charge on any atom is -0.000123 e. The quantitative estimate of drug-likeness (QED) is 0.0969. The molecule has 1 unspecified atom stereocenters. The van der Waals surface area contributed by atoms with Gasteiger partial charge in [-0.3, -0.25) is 0 Å². The molecule has 0 aromatic heterocycles. The highest BCUT2D eigenvalue weighted by Crippen LogP contribution is 2.36. The van der Waals surface area contributed by atoms with Crippen LogP contribution in [0.5, 0.6) is 0 Å². The number of hydrogen-bond donors (Lipinski definition) is 0. The van der Waals surface area contributed by atoms with E-state index in [0.717, 1.165) is 6.42 Å². The van der Waals surface area contributed by atoms with Crippen LogP contribution in [-0.2, 0) is 6.42 Å². The second-order valence-electron chi connectivity index (χ2n) is 14.6. The predicted molar refractivity (Wildman–Crippen MR) is 249 cm³/mol. The molecule has 278 valence electrons. The molecule has 0 amide bonds. The lowest BCUT2D eigenvalue weighted by Gasteiger charge is -2.17. The smallest absolute Gasteiger partial charge is 0.000123 e. The van der Waals surface area contributed by atoms with E-state index < -0.39 is 0 Å². The van der Waals surface area contributed by atoms with Crippen molar-refractivity contribution < 1.29 is 0 Å². The first-order valence-corrected chi connectivity index (χ1v) is 19.9. The highest BCUT2D eigenvalue weighted by molar-refractivity contribution is 5.98. The van der Waals surface area contributed by atoms with Crippen molar-refractivity contribution in [3.63, 3.8) is 0 Å². The van der Waals surface area contributed by atoms with E-state index in [-0.39, 0.29) is 5.92 Å². The van der Waals surface area contributed by atoms with Gasteiger partial charge in [0.15, 0.2) is 0 Å². The normalized spacial score (nSPS) is 12.6. The number of allylic oxidation sites excluding steroid dienone is 5.